The first-order valence-corrected chi connectivity index (χ1v) is 9.35. The first kappa shape index (κ1) is 19.5. The molecule has 1 N–H and O–H groups in total. The minimum atomic E-state index is -0.537. The summed E-state index contributed by atoms with van der Waals surface area (Å²) in [6, 6.07) is 9.18. The number of nitrogens with zero attached hydrogens (tertiary/aromatic N) is 2. The summed E-state index contributed by atoms with van der Waals surface area (Å²) in [6.45, 7) is 1.59. The van der Waals surface area contributed by atoms with Gasteiger partial charge in [0.2, 0.25) is 0 Å². The second-order valence-corrected chi connectivity index (χ2v) is 7.29. The van der Waals surface area contributed by atoms with Crippen molar-refractivity contribution in [2.24, 2.45) is 5.92 Å². The third-order valence-corrected chi connectivity index (χ3v) is 5.50. The molecule has 0 spiro atoms. The van der Waals surface area contributed by atoms with E-state index in [0.717, 1.165) is 0 Å². The quantitative estimate of drug-likeness (QED) is 0.782. The summed E-state index contributed by atoms with van der Waals surface area (Å²) < 4.78 is 28.9. The van der Waals surface area contributed by atoms with Gasteiger partial charge >= 0.3 is 0 Å². The van der Waals surface area contributed by atoms with Crippen LogP contribution in [-0.2, 0) is 11.3 Å². The number of nitrogens with one attached hydrogen (secondary N) is 1. The number of hydrogen-bond acceptors (Lipinski definition) is 4. The molecule has 1 aromatic carbocycles. The van der Waals surface area contributed by atoms with Crippen molar-refractivity contribution in [3.63, 3.8) is 0 Å². The van der Waals surface area contributed by atoms with Crippen molar-refractivity contribution in [2.45, 2.75) is 19.9 Å². The SMILES string of the molecule is CC1=C(F)C=C2C(C1)C(c1ccc[nH]c1=O)=C(C=O)N2Cc1cc(C#N)ccc1F. The van der Waals surface area contributed by atoms with Gasteiger partial charge in [0.05, 0.1) is 23.9 Å². The molecule has 1 aliphatic heterocycles. The summed E-state index contributed by atoms with van der Waals surface area (Å²) in [5, 5.41) is 9.13. The van der Waals surface area contributed by atoms with Gasteiger partial charge in [0.25, 0.3) is 5.56 Å². The van der Waals surface area contributed by atoms with E-state index < -0.39 is 17.6 Å². The molecule has 0 amide bonds. The van der Waals surface area contributed by atoms with Crippen molar-refractivity contribution in [1.29, 1.82) is 5.26 Å². The molecule has 0 radical (unpaired) electrons. The van der Waals surface area contributed by atoms with Crippen molar-refractivity contribution in [2.75, 3.05) is 0 Å². The minimum Gasteiger partial charge on any atom is -0.337 e. The van der Waals surface area contributed by atoms with Gasteiger partial charge in [0, 0.05) is 34.5 Å². The van der Waals surface area contributed by atoms with E-state index in [0.29, 0.717) is 35.1 Å². The normalized spacial score (nSPS) is 18.3. The lowest BCUT2D eigenvalue weighted by Gasteiger charge is -2.27. The van der Waals surface area contributed by atoms with Gasteiger partial charge in [-0.2, -0.15) is 5.26 Å². The Bertz CT molecular complexity index is 1250. The molecule has 1 unspecified atom stereocenters. The van der Waals surface area contributed by atoms with Crippen LogP contribution in [0.25, 0.3) is 5.57 Å². The summed E-state index contributed by atoms with van der Waals surface area (Å²) in [5.74, 6) is -1.35. The van der Waals surface area contributed by atoms with E-state index >= 15 is 0 Å². The largest absolute Gasteiger partial charge is 0.337 e. The number of nitriles is 1. The predicted molar refractivity (Wildman–Crippen MR) is 107 cm³/mol. The van der Waals surface area contributed by atoms with Gasteiger partial charge in [-0.15, -0.1) is 0 Å². The summed E-state index contributed by atoms with van der Waals surface area (Å²) in [5.41, 5.74) is 2.10. The Kier molecular flexibility index (Phi) is 4.92. The maximum absolute atomic E-state index is 14.4. The van der Waals surface area contributed by atoms with Gasteiger partial charge in [-0.25, -0.2) is 8.78 Å². The monoisotopic (exact) mass is 405 g/mol. The highest BCUT2D eigenvalue weighted by Crippen LogP contribution is 2.48. The Morgan fingerprint density at radius 1 is 1.33 bits per heavy atom. The lowest BCUT2D eigenvalue weighted by molar-refractivity contribution is -0.105. The van der Waals surface area contributed by atoms with Crippen LogP contribution in [0.5, 0.6) is 0 Å². The van der Waals surface area contributed by atoms with E-state index in [4.69, 9.17) is 5.26 Å². The van der Waals surface area contributed by atoms with Crippen LogP contribution in [0.4, 0.5) is 8.78 Å². The van der Waals surface area contributed by atoms with Gasteiger partial charge in [0.1, 0.15) is 11.6 Å². The van der Waals surface area contributed by atoms with E-state index in [1.54, 1.807) is 19.1 Å². The molecule has 1 aromatic heterocycles. The number of aromatic amines is 1. The Balaban J connectivity index is 1.90. The molecular weight excluding hydrogens is 388 g/mol. The summed E-state index contributed by atoms with van der Waals surface area (Å²) >= 11 is 0. The number of allylic oxidation sites excluding steroid dienone is 5. The van der Waals surface area contributed by atoms with Gasteiger partial charge in [-0.3, -0.25) is 9.59 Å². The number of pyridine rings is 1. The molecule has 2 aliphatic rings. The maximum Gasteiger partial charge on any atom is 0.255 e. The first-order chi connectivity index (χ1) is 14.4. The highest BCUT2D eigenvalue weighted by molar-refractivity contribution is 5.92. The molecule has 0 saturated heterocycles. The molecule has 4 rings (SSSR count). The van der Waals surface area contributed by atoms with Crippen LogP contribution < -0.4 is 5.56 Å². The van der Waals surface area contributed by atoms with Crippen LogP contribution in [0.1, 0.15) is 30.0 Å². The van der Waals surface area contributed by atoms with Crippen LogP contribution in [0.2, 0.25) is 0 Å². The number of H-pyrrole nitrogens is 1. The zero-order chi connectivity index (χ0) is 21.4. The average molecular weight is 405 g/mol. The number of benzene rings is 1. The van der Waals surface area contributed by atoms with E-state index in [9.17, 15) is 18.4 Å². The zero-order valence-electron chi connectivity index (χ0n) is 16.1. The number of hydrogen-bond donors (Lipinski definition) is 1. The highest BCUT2D eigenvalue weighted by Gasteiger charge is 2.40. The van der Waals surface area contributed by atoms with Gasteiger partial charge in [0.15, 0.2) is 6.29 Å². The topological polar surface area (TPSA) is 77.0 Å². The van der Waals surface area contributed by atoms with Crippen LogP contribution in [0, 0.1) is 23.1 Å². The summed E-state index contributed by atoms with van der Waals surface area (Å²) in [6.07, 6.45) is 3.74. The van der Waals surface area contributed by atoms with E-state index in [-0.39, 0.29) is 28.9 Å². The van der Waals surface area contributed by atoms with E-state index in [1.165, 1.54) is 35.4 Å². The van der Waals surface area contributed by atoms with Crippen molar-refractivity contribution in [1.82, 2.24) is 9.88 Å². The second-order valence-electron chi connectivity index (χ2n) is 7.29. The molecule has 0 saturated carbocycles. The molecule has 0 fully saturated rings. The summed E-state index contributed by atoms with van der Waals surface area (Å²) in [4.78, 5) is 28.7. The Morgan fingerprint density at radius 3 is 2.83 bits per heavy atom. The smallest absolute Gasteiger partial charge is 0.255 e. The molecule has 150 valence electrons. The predicted octanol–water partition coefficient (Wildman–Crippen LogP) is 3.96. The standard InChI is InChI=1S/C23H17F2N3O2/c1-13-7-17-20(9-19(13)25)28(11-15-8-14(10-26)4-5-18(15)24)21(12-29)22(17)16-3-2-6-27-23(16)30/h2-6,8-9,12,17H,7,11H2,1H3,(H,27,30). The number of halogens is 2. The molecule has 2 aromatic rings. The second kappa shape index (κ2) is 7.56. The van der Waals surface area contributed by atoms with Gasteiger partial charge in [-0.05, 0) is 55.3 Å². The molecule has 7 heteroatoms. The molecular formula is C23H17F2N3O2. The molecule has 5 nitrogen and oxygen atoms in total. The number of aromatic nitrogens is 1. The van der Waals surface area contributed by atoms with Crippen LogP contribution in [-0.4, -0.2) is 16.2 Å². The molecule has 0 bridgehead atoms. The fourth-order valence-electron chi connectivity index (χ4n) is 4.04. The molecule has 30 heavy (non-hydrogen) atoms. The highest BCUT2D eigenvalue weighted by atomic mass is 19.1. The molecule has 1 atom stereocenters. The Labute approximate surface area is 171 Å². The summed E-state index contributed by atoms with van der Waals surface area (Å²) in [7, 11) is 0. The number of carbonyl (C=O) groups excluding carboxylic acids is 1. The maximum atomic E-state index is 14.4. The molecule has 2 heterocycles. The average Bonchev–Trinajstić information content (AvgIpc) is 3.02. The third-order valence-electron chi connectivity index (χ3n) is 5.50. The molecule has 1 aliphatic carbocycles. The van der Waals surface area contributed by atoms with Gasteiger partial charge in [-0.1, -0.05) is 0 Å². The number of rotatable bonds is 4. The fourth-order valence-corrected chi connectivity index (χ4v) is 4.04. The lowest BCUT2D eigenvalue weighted by atomic mass is 9.84. The fraction of sp³-hybridized carbons (Fsp3) is 0.174. The number of fused-ring (bicyclic) bond motifs is 1. The van der Waals surface area contributed by atoms with Crippen LogP contribution in [0.3, 0.4) is 0 Å². The van der Waals surface area contributed by atoms with E-state index in [1.807, 2.05) is 6.07 Å². The number of carbonyl (C=O) groups is 1. The van der Waals surface area contributed by atoms with Crippen LogP contribution >= 0.6 is 0 Å². The zero-order valence-corrected chi connectivity index (χ0v) is 16.1. The van der Waals surface area contributed by atoms with Crippen LogP contribution in [0.15, 0.2) is 70.2 Å². The van der Waals surface area contributed by atoms with Crippen molar-refractivity contribution >= 4 is 11.9 Å². The minimum absolute atomic E-state index is 0.0711. The van der Waals surface area contributed by atoms with Crippen molar-refractivity contribution < 1.29 is 13.6 Å². The Morgan fingerprint density at radius 2 is 2.13 bits per heavy atom. The van der Waals surface area contributed by atoms with Crippen molar-refractivity contribution in [3.8, 4) is 6.07 Å². The van der Waals surface area contributed by atoms with Gasteiger partial charge < -0.3 is 9.88 Å². The Hall–Kier alpha value is -3.79. The van der Waals surface area contributed by atoms with Crippen molar-refractivity contribution in [3.05, 3.63) is 98.3 Å². The third kappa shape index (κ3) is 3.16. The lowest BCUT2D eigenvalue weighted by Crippen LogP contribution is -2.22. The van der Waals surface area contributed by atoms with E-state index in [2.05, 4.69) is 4.98 Å². The first-order valence-electron chi connectivity index (χ1n) is 9.35. The number of aldehydes is 1.